The summed E-state index contributed by atoms with van der Waals surface area (Å²) >= 11 is 0. The minimum Gasteiger partial charge on any atom is -0.363 e. The number of terminal acetylenes is 1. The first-order valence-electron chi connectivity index (χ1n) is 8.80. The molecular formula is C19H19F3N2O4. The van der Waals surface area contributed by atoms with Crippen LogP contribution >= 0.6 is 0 Å². The van der Waals surface area contributed by atoms with Crippen LogP contribution < -0.4 is 5.32 Å². The van der Waals surface area contributed by atoms with Gasteiger partial charge in [-0.05, 0) is 24.0 Å². The minimum atomic E-state index is -5.12. The highest BCUT2D eigenvalue weighted by Crippen LogP contribution is 2.34. The lowest BCUT2D eigenvalue weighted by Crippen LogP contribution is -2.48. The standard InChI is InChI=1S/C19H19F3N2O4/c1-2-10-27-15-11-12-6-3-4-7-13(12)16(15)23-17(25)14-8-5-9-24(14)28-18(26)19(20,21)22/h1,3-4,6-7,14-16H,5,8-11H2,(H,23,25)/t14-,15+,16-/m0/s1. The molecule has 1 heterocycles. The minimum absolute atomic E-state index is 0.0538. The fourth-order valence-corrected chi connectivity index (χ4v) is 3.56. The van der Waals surface area contributed by atoms with E-state index in [9.17, 15) is 22.8 Å². The van der Waals surface area contributed by atoms with Crippen LogP contribution in [-0.2, 0) is 25.6 Å². The summed E-state index contributed by atoms with van der Waals surface area (Å²) in [4.78, 5) is 28.2. The molecule has 1 fully saturated rings. The van der Waals surface area contributed by atoms with E-state index in [2.05, 4.69) is 16.1 Å². The molecule has 1 aromatic rings. The van der Waals surface area contributed by atoms with Gasteiger partial charge >= 0.3 is 12.1 Å². The van der Waals surface area contributed by atoms with Crippen molar-refractivity contribution in [3.05, 3.63) is 35.4 Å². The van der Waals surface area contributed by atoms with E-state index in [0.29, 0.717) is 12.8 Å². The number of halogens is 3. The van der Waals surface area contributed by atoms with Crippen LogP contribution in [0.4, 0.5) is 13.2 Å². The average Bonchev–Trinajstić information content (AvgIpc) is 3.24. The zero-order chi connectivity index (χ0) is 20.3. The molecule has 0 spiro atoms. The Balaban J connectivity index is 1.71. The summed E-state index contributed by atoms with van der Waals surface area (Å²) in [5.74, 6) is -0.478. The Morgan fingerprint density at radius 1 is 1.32 bits per heavy atom. The monoisotopic (exact) mass is 396 g/mol. The van der Waals surface area contributed by atoms with Gasteiger partial charge in [-0.2, -0.15) is 13.2 Å². The van der Waals surface area contributed by atoms with E-state index in [0.717, 1.165) is 16.2 Å². The summed E-state index contributed by atoms with van der Waals surface area (Å²) < 4.78 is 43.0. The highest BCUT2D eigenvalue weighted by molar-refractivity contribution is 5.83. The van der Waals surface area contributed by atoms with Gasteiger partial charge in [0, 0.05) is 13.0 Å². The Morgan fingerprint density at radius 2 is 2.07 bits per heavy atom. The molecule has 0 unspecified atom stereocenters. The summed E-state index contributed by atoms with van der Waals surface area (Å²) in [6, 6.07) is 5.99. The van der Waals surface area contributed by atoms with Crippen LogP contribution in [0.3, 0.4) is 0 Å². The smallest absolute Gasteiger partial charge is 0.363 e. The zero-order valence-corrected chi connectivity index (χ0v) is 14.9. The molecule has 3 rings (SSSR count). The summed E-state index contributed by atoms with van der Waals surface area (Å²) in [5, 5.41) is 3.63. The second-order valence-electron chi connectivity index (χ2n) is 6.62. The quantitative estimate of drug-likeness (QED) is 0.771. The number of hydrogen-bond donors (Lipinski definition) is 1. The number of rotatable bonds is 5. The van der Waals surface area contributed by atoms with Gasteiger partial charge in [-0.15, -0.1) is 11.5 Å². The van der Waals surface area contributed by atoms with Gasteiger partial charge in [0.1, 0.15) is 12.6 Å². The Kier molecular flexibility index (Phi) is 5.91. The van der Waals surface area contributed by atoms with Crippen molar-refractivity contribution in [2.24, 2.45) is 0 Å². The molecule has 3 atom stereocenters. The van der Waals surface area contributed by atoms with E-state index in [1.807, 2.05) is 24.3 Å². The van der Waals surface area contributed by atoms with E-state index < -0.39 is 30.1 Å². The molecule has 0 bridgehead atoms. The lowest BCUT2D eigenvalue weighted by molar-refractivity contribution is -0.240. The number of nitrogens with zero attached hydrogens (tertiary/aromatic N) is 1. The van der Waals surface area contributed by atoms with Crippen LogP contribution in [0.1, 0.15) is 30.0 Å². The summed E-state index contributed by atoms with van der Waals surface area (Å²) in [5.41, 5.74) is 1.87. The van der Waals surface area contributed by atoms with Crippen LogP contribution in [0.25, 0.3) is 0 Å². The molecule has 1 saturated heterocycles. The van der Waals surface area contributed by atoms with Crippen LogP contribution in [0.15, 0.2) is 24.3 Å². The molecule has 6 nitrogen and oxygen atoms in total. The van der Waals surface area contributed by atoms with Crippen LogP contribution in [0, 0.1) is 12.3 Å². The fourth-order valence-electron chi connectivity index (χ4n) is 3.56. The summed E-state index contributed by atoms with van der Waals surface area (Å²) in [7, 11) is 0. The van der Waals surface area contributed by atoms with Crippen LogP contribution in [0.5, 0.6) is 0 Å². The molecule has 1 N–H and O–H groups in total. The molecule has 2 aliphatic rings. The van der Waals surface area contributed by atoms with Crippen LogP contribution in [-0.4, -0.2) is 48.4 Å². The van der Waals surface area contributed by atoms with Gasteiger partial charge in [-0.25, -0.2) is 4.79 Å². The maximum atomic E-state index is 12.8. The molecule has 0 aromatic heterocycles. The lowest BCUT2D eigenvalue weighted by atomic mass is 10.1. The van der Waals surface area contributed by atoms with Gasteiger partial charge in [0.15, 0.2) is 0 Å². The zero-order valence-electron chi connectivity index (χ0n) is 14.9. The van der Waals surface area contributed by atoms with Gasteiger partial charge in [-0.3, -0.25) is 4.79 Å². The third kappa shape index (κ3) is 4.29. The molecule has 1 aromatic carbocycles. The van der Waals surface area contributed by atoms with Crippen molar-refractivity contribution >= 4 is 11.9 Å². The first-order chi connectivity index (χ1) is 13.3. The number of carbonyl (C=O) groups is 2. The van der Waals surface area contributed by atoms with E-state index in [4.69, 9.17) is 11.2 Å². The van der Waals surface area contributed by atoms with Crippen molar-refractivity contribution in [1.82, 2.24) is 10.4 Å². The highest BCUT2D eigenvalue weighted by Gasteiger charge is 2.45. The number of alkyl halides is 3. The predicted molar refractivity (Wildman–Crippen MR) is 91.5 cm³/mol. The van der Waals surface area contributed by atoms with Gasteiger partial charge in [0.2, 0.25) is 5.91 Å². The van der Waals surface area contributed by atoms with E-state index in [-0.39, 0.29) is 25.7 Å². The number of fused-ring (bicyclic) bond motifs is 1. The Morgan fingerprint density at radius 3 is 2.79 bits per heavy atom. The normalized spacial score (nSPS) is 24.4. The summed E-state index contributed by atoms with van der Waals surface area (Å²) in [6.07, 6.45) is 1.01. The van der Waals surface area contributed by atoms with Gasteiger partial charge in [0.05, 0.1) is 12.1 Å². The Labute approximate surface area is 159 Å². The molecule has 1 aliphatic heterocycles. The van der Waals surface area contributed by atoms with Crippen LogP contribution in [0.2, 0.25) is 0 Å². The van der Waals surface area contributed by atoms with Gasteiger partial charge in [-0.1, -0.05) is 30.2 Å². The highest BCUT2D eigenvalue weighted by atomic mass is 19.4. The third-order valence-electron chi connectivity index (χ3n) is 4.80. The molecular weight excluding hydrogens is 377 g/mol. The number of hydroxylamine groups is 2. The van der Waals surface area contributed by atoms with Crippen molar-refractivity contribution in [3.63, 3.8) is 0 Å². The largest absolute Gasteiger partial charge is 0.492 e. The number of ether oxygens (including phenoxy) is 1. The topological polar surface area (TPSA) is 67.9 Å². The van der Waals surface area contributed by atoms with E-state index >= 15 is 0 Å². The Hall–Kier alpha value is -2.57. The Bertz CT molecular complexity index is 790. The lowest BCUT2D eigenvalue weighted by Gasteiger charge is -2.26. The third-order valence-corrected chi connectivity index (χ3v) is 4.80. The average molecular weight is 396 g/mol. The van der Waals surface area contributed by atoms with Crippen molar-refractivity contribution in [1.29, 1.82) is 0 Å². The first kappa shape index (κ1) is 20.2. The molecule has 0 saturated carbocycles. The summed E-state index contributed by atoms with van der Waals surface area (Å²) in [6.45, 7) is 0.127. The SMILES string of the molecule is C#CCO[C@@H]1Cc2ccccc2[C@@H]1NC(=O)[C@@H]1CCCN1OC(=O)C(F)(F)F. The number of carbonyl (C=O) groups excluding carboxylic acids is 2. The molecule has 28 heavy (non-hydrogen) atoms. The molecule has 1 aliphatic carbocycles. The maximum Gasteiger partial charge on any atom is 0.492 e. The number of amides is 1. The second-order valence-corrected chi connectivity index (χ2v) is 6.62. The molecule has 1 amide bonds. The van der Waals surface area contributed by atoms with Gasteiger partial charge < -0.3 is 14.9 Å². The first-order valence-corrected chi connectivity index (χ1v) is 8.80. The predicted octanol–water partition coefficient (Wildman–Crippen LogP) is 1.90. The van der Waals surface area contributed by atoms with Crippen molar-refractivity contribution in [2.45, 2.75) is 43.6 Å². The molecule has 0 radical (unpaired) electrons. The van der Waals surface area contributed by atoms with E-state index in [1.165, 1.54) is 0 Å². The molecule has 9 heteroatoms. The maximum absolute atomic E-state index is 12.8. The number of hydrogen-bond acceptors (Lipinski definition) is 5. The number of nitrogens with one attached hydrogen (secondary N) is 1. The van der Waals surface area contributed by atoms with Crippen molar-refractivity contribution in [3.8, 4) is 12.3 Å². The van der Waals surface area contributed by atoms with Gasteiger partial charge in [0.25, 0.3) is 0 Å². The second kappa shape index (κ2) is 8.20. The number of benzene rings is 1. The van der Waals surface area contributed by atoms with E-state index in [1.54, 1.807) is 0 Å². The van der Waals surface area contributed by atoms with Crippen molar-refractivity contribution < 1.29 is 32.3 Å². The fraction of sp³-hybridized carbons (Fsp3) is 0.474. The van der Waals surface area contributed by atoms with Crippen molar-refractivity contribution in [2.75, 3.05) is 13.2 Å². The molecule has 150 valence electrons.